The van der Waals surface area contributed by atoms with E-state index in [1.165, 1.54) is 21.3 Å². The Kier molecular flexibility index (Phi) is 8.04. The average Bonchev–Trinajstić information content (AvgIpc) is 3.12. The molecule has 0 radical (unpaired) electrons. The summed E-state index contributed by atoms with van der Waals surface area (Å²) in [4.78, 5) is 31.0. The Bertz CT molecular complexity index is 792. The maximum atomic E-state index is 12.5. The predicted octanol–water partition coefficient (Wildman–Crippen LogP) is 3.76. The molecule has 0 spiro atoms. The van der Waals surface area contributed by atoms with Gasteiger partial charge in [-0.2, -0.15) is 4.68 Å². The summed E-state index contributed by atoms with van der Waals surface area (Å²) < 4.78 is 6.57. The van der Waals surface area contributed by atoms with Crippen LogP contribution < -0.4 is 0 Å². The molecule has 2 unspecified atom stereocenters. The molecule has 0 saturated carbocycles. The summed E-state index contributed by atoms with van der Waals surface area (Å²) in [6, 6.07) is 9.24. The Hall–Kier alpha value is -2.35. The van der Waals surface area contributed by atoms with Crippen molar-refractivity contribution in [3.63, 3.8) is 0 Å². The van der Waals surface area contributed by atoms with Gasteiger partial charge < -0.3 is 9.64 Å². The zero-order valence-corrected chi connectivity index (χ0v) is 17.9. The van der Waals surface area contributed by atoms with Crippen molar-refractivity contribution < 1.29 is 14.3 Å². The molecule has 1 heterocycles. The van der Waals surface area contributed by atoms with Gasteiger partial charge >= 0.3 is 12.0 Å². The molecule has 0 saturated heterocycles. The van der Waals surface area contributed by atoms with E-state index in [9.17, 15) is 9.59 Å². The fraction of sp³-hybridized carbons (Fsp3) is 0.500. The van der Waals surface area contributed by atoms with Gasteiger partial charge in [0.2, 0.25) is 0 Å². The zero-order chi connectivity index (χ0) is 20.7. The third-order valence-corrected chi connectivity index (χ3v) is 5.39. The van der Waals surface area contributed by atoms with E-state index in [1.807, 2.05) is 37.3 Å². The molecule has 0 fully saturated rings. The summed E-state index contributed by atoms with van der Waals surface area (Å²) in [6.45, 7) is 6.19. The van der Waals surface area contributed by atoms with Crippen molar-refractivity contribution >= 4 is 23.8 Å². The minimum absolute atomic E-state index is 0.144. The number of nitrogens with zero attached hydrogens (tertiary/aromatic N) is 4. The first-order valence-electron chi connectivity index (χ1n) is 9.41. The summed E-state index contributed by atoms with van der Waals surface area (Å²) in [7, 11) is 3.35. The quantitative estimate of drug-likeness (QED) is 0.492. The SMILES string of the molecule is CCOC(=O)C(CSc1nc(C(C)CC)nn1C(=O)N(C)C)c1ccccc1. The summed E-state index contributed by atoms with van der Waals surface area (Å²) in [6.07, 6.45) is 0.875. The predicted molar refractivity (Wildman–Crippen MR) is 110 cm³/mol. The number of rotatable bonds is 8. The van der Waals surface area contributed by atoms with Crippen molar-refractivity contribution in [2.75, 3.05) is 26.5 Å². The van der Waals surface area contributed by atoms with Gasteiger partial charge in [-0.15, -0.1) is 5.10 Å². The highest BCUT2D eigenvalue weighted by Crippen LogP contribution is 2.28. The van der Waals surface area contributed by atoms with Crippen LogP contribution in [0.25, 0.3) is 0 Å². The molecule has 7 nitrogen and oxygen atoms in total. The fourth-order valence-electron chi connectivity index (χ4n) is 2.50. The largest absolute Gasteiger partial charge is 0.465 e. The van der Waals surface area contributed by atoms with E-state index >= 15 is 0 Å². The second kappa shape index (κ2) is 10.3. The molecular weight excluding hydrogens is 376 g/mol. The molecule has 0 N–H and O–H groups in total. The Morgan fingerprint density at radius 1 is 1.21 bits per heavy atom. The van der Waals surface area contributed by atoms with E-state index < -0.39 is 5.92 Å². The number of ether oxygens (including phenoxy) is 1. The highest BCUT2D eigenvalue weighted by molar-refractivity contribution is 7.99. The standard InChI is InChI=1S/C20H28N4O3S/c1-6-14(3)17-21-19(24(22-17)20(26)23(4)5)28-13-16(18(25)27-7-2)15-11-9-8-10-12-15/h8-12,14,16H,6-7,13H2,1-5H3. The van der Waals surface area contributed by atoms with Gasteiger partial charge in [-0.3, -0.25) is 4.79 Å². The second-order valence-corrected chi connectivity index (χ2v) is 7.66. The first-order chi connectivity index (χ1) is 13.4. The molecule has 1 aromatic heterocycles. The molecule has 0 aliphatic rings. The molecule has 2 aromatic rings. The monoisotopic (exact) mass is 404 g/mol. The minimum Gasteiger partial charge on any atom is -0.465 e. The average molecular weight is 405 g/mol. The van der Waals surface area contributed by atoms with E-state index in [-0.39, 0.29) is 17.9 Å². The molecule has 2 rings (SSSR count). The summed E-state index contributed by atoms with van der Waals surface area (Å²) in [5.74, 6) is 0.451. The Morgan fingerprint density at radius 3 is 2.46 bits per heavy atom. The Balaban J connectivity index is 2.29. The normalized spacial score (nSPS) is 13.0. The van der Waals surface area contributed by atoms with Crippen LogP contribution in [0, 0.1) is 0 Å². The Labute approximate surface area is 170 Å². The fourth-order valence-corrected chi connectivity index (χ4v) is 3.54. The van der Waals surface area contributed by atoms with Crippen molar-refractivity contribution in [3.05, 3.63) is 41.7 Å². The molecule has 0 bridgehead atoms. The first-order valence-corrected chi connectivity index (χ1v) is 10.4. The number of carbonyl (C=O) groups is 2. The van der Waals surface area contributed by atoms with Crippen LogP contribution in [0.5, 0.6) is 0 Å². The second-order valence-electron chi connectivity index (χ2n) is 6.68. The van der Waals surface area contributed by atoms with E-state index in [0.717, 1.165) is 12.0 Å². The molecule has 28 heavy (non-hydrogen) atoms. The number of hydrogen-bond donors (Lipinski definition) is 0. The molecule has 1 aromatic carbocycles. The van der Waals surface area contributed by atoms with Crippen molar-refractivity contribution in [2.24, 2.45) is 0 Å². The highest BCUT2D eigenvalue weighted by atomic mass is 32.2. The van der Waals surface area contributed by atoms with Gasteiger partial charge in [0.15, 0.2) is 11.0 Å². The number of thioether (sulfide) groups is 1. The number of amides is 1. The van der Waals surface area contributed by atoms with Crippen LogP contribution in [0.1, 0.15) is 50.4 Å². The van der Waals surface area contributed by atoms with Crippen LogP contribution in [0.15, 0.2) is 35.5 Å². The van der Waals surface area contributed by atoms with E-state index in [4.69, 9.17) is 4.74 Å². The van der Waals surface area contributed by atoms with Gasteiger partial charge in [0.25, 0.3) is 0 Å². The van der Waals surface area contributed by atoms with Gasteiger partial charge in [0.1, 0.15) is 0 Å². The van der Waals surface area contributed by atoms with Crippen molar-refractivity contribution in [1.29, 1.82) is 0 Å². The van der Waals surface area contributed by atoms with Crippen LogP contribution in [0.3, 0.4) is 0 Å². The molecule has 0 aliphatic carbocycles. The van der Waals surface area contributed by atoms with Gasteiger partial charge in [-0.1, -0.05) is 55.9 Å². The Morgan fingerprint density at radius 2 is 1.89 bits per heavy atom. The van der Waals surface area contributed by atoms with Gasteiger partial charge in [-0.25, -0.2) is 9.78 Å². The van der Waals surface area contributed by atoms with Crippen molar-refractivity contribution in [3.8, 4) is 0 Å². The van der Waals surface area contributed by atoms with Crippen LogP contribution in [-0.2, 0) is 9.53 Å². The van der Waals surface area contributed by atoms with Gasteiger partial charge in [0.05, 0.1) is 12.5 Å². The zero-order valence-electron chi connectivity index (χ0n) is 17.1. The highest BCUT2D eigenvalue weighted by Gasteiger charge is 2.26. The topological polar surface area (TPSA) is 77.3 Å². The number of hydrogen-bond acceptors (Lipinski definition) is 6. The number of benzene rings is 1. The molecule has 2 atom stereocenters. The maximum Gasteiger partial charge on any atom is 0.346 e. The van der Waals surface area contributed by atoms with Crippen LogP contribution in [-0.4, -0.2) is 58.1 Å². The summed E-state index contributed by atoms with van der Waals surface area (Å²) in [5.41, 5.74) is 0.876. The third-order valence-electron chi connectivity index (χ3n) is 4.36. The lowest BCUT2D eigenvalue weighted by Gasteiger charge is -2.16. The smallest absolute Gasteiger partial charge is 0.346 e. The molecule has 8 heteroatoms. The lowest BCUT2D eigenvalue weighted by atomic mass is 10.0. The van der Waals surface area contributed by atoms with Crippen LogP contribution in [0.2, 0.25) is 0 Å². The minimum atomic E-state index is -0.446. The summed E-state index contributed by atoms with van der Waals surface area (Å²) >= 11 is 1.34. The van der Waals surface area contributed by atoms with Gasteiger partial charge in [-0.05, 0) is 18.9 Å². The molecule has 1 amide bonds. The molecule has 0 aliphatic heterocycles. The number of aromatic nitrogens is 3. The van der Waals surface area contributed by atoms with Crippen molar-refractivity contribution in [2.45, 2.75) is 44.2 Å². The molecular formula is C20H28N4O3S. The first kappa shape index (κ1) is 21.9. The number of esters is 1. The summed E-state index contributed by atoms with van der Waals surface area (Å²) in [5, 5.41) is 4.90. The van der Waals surface area contributed by atoms with Crippen LogP contribution in [0.4, 0.5) is 4.79 Å². The lowest BCUT2D eigenvalue weighted by molar-refractivity contribution is -0.144. The third kappa shape index (κ3) is 5.34. The van der Waals surface area contributed by atoms with Crippen molar-refractivity contribution in [1.82, 2.24) is 19.7 Å². The van der Waals surface area contributed by atoms with E-state index in [1.54, 1.807) is 21.0 Å². The van der Waals surface area contributed by atoms with Gasteiger partial charge in [0, 0.05) is 25.8 Å². The van der Waals surface area contributed by atoms with E-state index in [2.05, 4.69) is 17.0 Å². The van der Waals surface area contributed by atoms with E-state index in [0.29, 0.717) is 23.3 Å². The molecule has 152 valence electrons. The maximum absolute atomic E-state index is 12.5. The van der Waals surface area contributed by atoms with Crippen LogP contribution >= 0.6 is 11.8 Å². The lowest BCUT2D eigenvalue weighted by Crippen LogP contribution is -2.29. The number of carbonyl (C=O) groups excluding carboxylic acids is 2.